The molecule has 0 fully saturated rings. The summed E-state index contributed by atoms with van der Waals surface area (Å²) in [5, 5.41) is 7.29. The molecule has 0 bridgehead atoms. The second-order valence-corrected chi connectivity index (χ2v) is 8.26. The number of hydrogen-bond acceptors (Lipinski definition) is 6. The van der Waals surface area contributed by atoms with E-state index in [-0.39, 0.29) is 16.9 Å². The molecule has 1 heterocycles. The summed E-state index contributed by atoms with van der Waals surface area (Å²) in [7, 11) is 0. The highest BCUT2D eigenvalue weighted by Crippen LogP contribution is 2.28. The van der Waals surface area contributed by atoms with Gasteiger partial charge in [0.25, 0.3) is 0 Å². The van der Waals surface area contributed by atoms with E-state index in [1.54, 1.807) is 0 Å². The monoisotopic (exact) mass is 422 g/mol. The van der Waals surface area contributed by atoms with Gasteiger partial charge in [0.2, 0.25) is 5.91 Å². The molecule has 0 aliphatic rings. The maximum absolute atomic E-state index is 12.9. The third-order valence-electron chi connectivity index (χ3n) is 4.60. The van der Waals surface area contributed by atoms with Crippen LogP contribution >= 0.6 is 11.8 Å². The van der Waals surface area contributed by atoms with Crippen molar-refractivity contribution in [2.45, 2.75) is 37.6 Å². The normalized spacial score (nSPS) is 11.8. The van der Waals surface area contributed by atoms with Crippen LogP contribution in [0.15, 0.2) is 53.7 Å². The number of Topliss-reactive ketones (excluding diaryl/α,β-unsaturated/α-hetero) is 1. The van der Waals surface area contributed by atoms with Crippen LogP contribution in [-0.2, 0) is 11.2 Å². The van der Waals surface area contributed by atoms with Crippen molar-refractivity contribution >= 4 is 40.2 Å². The molecule has 1 unspecified atom stereocenters. The van der Waals surface area contributed by atoms with E-state index in [2.05, 4.69) is 20.6 Å². The van der Waals surface area contributed by atoms with Crippen LogP contribution in [0.3, 0.4) is 0 Å². The number of nitrogens with one attached hydrogen (secondary N) is 2. The Morgan fingerprint density at radius 2 is 1.80 bits per heavy atom. The molecule has 1 atom stereocenters. The average Bonchev–Trinajstić information content (AvgIpc) is 2.73. The van der Waals surface area contributed by atoms with Gasteiger partial charge in [-0.3, -0.25) is 9.59 Å². The maximum Gasteiger partial charge on any atom is 0.216 e. The Bertz CT molecular complexity index is 1040. The first-order chi connectivity index (χ1) is 14.5. The first-order valence-corrected chi connectivity index (χ1v) is 10.9. The lowest BCUT2D eigenvalue weighted by molar-refractivity contribution is -0.118. The number of ketones is 1. The van der Waals surface area contributed by atoms with Crippen LogP contribution in [0.4, 0.5) is 5.82 Å². The Morgan fingerprint density at radius 1 is 1.07 bits per heavy atom. The molecular formula is C23H26N4O2S. The minimum Gasteiger partial charge on any atom is -0.370 e. The molecule has 0 aliphatic heterocycles. The summed E-state index contributed by atoms with van der Waals surface area (Å²) in [6.07, 6.45) is 0.733. The molecule has 1 amide bonds. The van der Waals surface area contributed by atoms with Crippen molar-refractivity contribution in [2.75, 3.05) is 18.4 Å². The molecule has 156 valence electrons. The molecule has 2 aromatic carbocycles. The quantitative estimate of drug-likeness (QED) is 0.307. The Labute approximate surface area is 180 Å². The Balaban J connectivity index is 1.70. The van der Waals surface area contributed by atoms with Crippen molar-refractivity contribution in [3.63, 3.8) is 0 Å². The van der Waals surface area contributed by atoms with Crippen molar-refractivity contribution in [1.82, 2.24) is 15.3 Å². The SMILES string of the molecule is CCNc1nc(SC(C)C(=O)c2ccc(CCNC(C)=O)cc2)nc2ccccc12. The summed E-state index contributed by atoms with van der Waals surface area (Å²) in [4.78, 5) is 33.1. The van der Waals surface area contributed by atoms with Gasteiger partial charge < -0.3 is 10.6 Å². The number of thioether (sulfide) groups is 1. The number of benzene rings is 2. The van der Waals surface area contributed by atoms with Gasteiger partial charge in [-0.2, -0.15) is 0 Å². The standard InChI is InChI=1S/C23H26N4O2S/c1-4-24-22-19-7-5-6-8-20(19)26-23(27-22)30-15(2)21(29)18-11-9-17(10-12-18)13-14-25-16(3)28/h5-12,15H,4,13-14H2,1-3H3,(H,25,28)(H,24,26,27). The van der Waals surface area contributed by atoms with E-state index >= 15 is 0 Å². The van der Waals surface area contributed by atoms with Gasteiger partial charge in [0.15, 0.2) is 10.9 Å². The number of amides is 1. The fraction of sp³-hybridized carbons (Fsp3) is 0.304. The Hall–Kier alpha value is -2.93. The maximum atomic E-state index is 12.9. The van der Waals surface area contributed by atoms with E-state index in [1.165, 1.54) is 18.7 Å². The Morgan fingerprint density at radius 3 is 2.50 bits per heavy atom. The molecule has 0 saturated carbocycles. The van der Waals surface area contributed by atoms with Gasteiger partial charge in [0.05, 0.1) is 10.8 Å². The van der Waals surface area contributed by atoms with Crippen molar-refractivity contribution in [3.05, 3.63) is 59.7 Å². The zero-order valence-corrected chi connectivity index (χ0v) is 18.3. The number of aromatic nitrogens is 2. The molecule has 0 aliphatic carbocycles. The number of para-hydroxylation sites is 1. The number of rotatable bonds is 9. The van der Waals surface area contributed by atoms with Gasteiger partial charge in [0.1, 0.15) is 5.82 Å². The van der Waals surface area contributed by atoms with E-state index < -0.39 is 0 Å². The average molecular weight is 423 g/mol. The van der Waals surface area contributed by atoms with Crippen molar-refractivity contribution in [2.24, 2.45) is 0 Å². The molecule has 1 aromatic heterocycles. The third-order valence-corrected chi connectivity index (χ3v) is 5.57. The fourth-order valence-corrected chi connectivity index (χ4v) is 3.93. The highest BCUT2D eigenvalue weighted by atomic mass is 32.2. The minimum atomic E-state index is -0.314. The molecule has 0 saturated heterocycles. The number of nitrogens with zero attached hydrogens (tertiary/aromatic N) is 2. The summed E-state index contributed by atoms with van der Waals surface area (Å²) < 4.78 is 0. The fourth-order valence-electron chi connectivity index (χ4n) is 3.08. The molecule has 0 radical (unpaired) electrons. The van der Waals surface area contributed by atoms with Crippen molar-refractivity contribution in [3.8, 4) is 0 Å². The molecule has 30 heavy (non-hydrogen) atoms. The van der Waals surface area contributed by atoms with Crippen LogP contribution in [0, 0.1) is 0 Å². The molecular weight excluding hydrogens is 396 g/mol. The summed E-state index contributed by atoms with van der Waals surface area (Å²) in [6.45, 7) is 6.75. The molecule has 3 rings (SSSR count). The van der Waals surface area contributed by atoms with Crippen molar-refractivity contribution in [1.29, 1.82) is 0 Å². The van der Waals surface area contributed by atoms with Gasteiger partial charge in [-0.15, -0.1) is 0 Å². The number of anilines is 1. The van der Waals surface area contributed by atoms with Gasteiger partial charge in [-0.25, -0.2) is 9.97 Å². The Kier molecular flexibility index (Phi) is 7.41. The second-order valence-electron chi connectivity index (χ2n) is 6.96. The molecule has 6 nitrogen and oxygen atoms in total. The van der Waals surface area contributed by atoms with E-state index in [0.717, 1.165) is 35.2 Å². The van der Waals surface area contributed by atoms with Gasteiger partial charge in [-0.05, 0) is 38.0 Å². The second kappa shape index (κ2) is 10.2. The lowest BCUT2D eigenvalue weighted by Crippen LogP contribution is -2.22. The largest absolute Gasteiger partial charge is 0.370 e. The van der Waals surface area contributed by atoms with Gasteiger partial charge >= 0.3 is 0 Å². The lowest BCUT2D eigenvalue weighted by Gasteiger charge is -2.12. The molecule has 3 aromatic rings. The zero-order chi connectivity index (χ0) is 21.5. The zero-order valence-electron chi connectivity index (χ0n) is 17.4. The van der Waals surface area contributed by atoms with E-state index in [0.29, 0.717) is 17.3 Å². The van der Waals surface area contributed by atoms with E-state index in [1.807, 2.05) is 62.4 Å². The third kappa shape index (κ3) is 5.57. The summed E-state index contributed by atoms with van der Waals surface area (Å²) in [5.41, 5.74) is 2.59. The van der Waals surface area contributed by atoms with Crippen LogP contribution < -0.4 is 10.6 Å². The highest BCUT2D eigenvalue weighted by molar-refractivity contribution is 8.00. The topological polar surface area (TPSA) is 84.0 Å². The summed E-state index contributed by atoms with van der Waals surface area (Å²) in [6, 6.07) is 15.4. The van der Waals surface area contributed by atoms with Gasteiger partial charge in [0, 0.05) is 31.0 Å². The smallest absolute Gasteiger partial charge is 0.216 e. The number of carbonyl (C=O) groups excluding carboxylic acids is 2. The molecule has 7 heteroatoms. The first kappa shape index (κ1) is 21.8. The highest BCUT2D eigenvalue weighted by Gasteiger charge is 2.19. The summed E-state index contributed by atoms with van der Waals surface area (Å²) in [5.74, 6) is 0.782. The predicted octanol–water partition coefficient (Wildman–Crippen LogP) is 4.10. The number of carbonyl (C=O) groups is 2. The van der Waals surface area contributed by atoms with Crippen LogP contribution in [0.2, 0.25) is 0 Å². The minimum absolute atomic E-state index is 0.0372. The van der Waals surface area contributed by atoms with Crippen LogP contribution in [-0.4, -0.2) is 40.0 Å². The lowest BCUT2D eigenvalue weighted by atomic mass is 10.0. The summed E-state index contributed by atoms with van der Waals surface area (Å²) >= 11 is 1.36. The van der Waals surface area contributed by atoms with Crippen LogP contribution in [0.1, 0.15) is 36.7 Å². The number of fused-ring (bicyclic) bond motifs is 1. The number of hydrogen-bond donors (Lipinski definition) is 2. The van der Waals surface area contributed by atoms with Crippen molar-refractivity contribution < 1.29 is 9.59 Å². The van der Waals surface area contributed by atoms with Crippen LogP contribution in [0.5, 0.6) is 0 Å². The predicted molar refractivity (Wildman–Crippen MR) is 122 cm³/mol. The van der Waals surface area contributed by atoms with E-state index in [9.17, 15) is 9.59 Å². The molecule has 0 spiro atoms. The first-order valence-electron chi connectivity index (χ1n) is 10.0. The molecule has 2 N–H and O–H groups in total. The van der Waals surface area contributed by atoms with Gasteiger partial charge in [-0.1, -0.05) is 48.2 Å². The van der Waals surface area contributed by atoms with Crippen LogP contribution in [0.25, 0.3) is 10.9 Å². The van der Waals surface area contributed by atoms with E-state index in [4.69, 9.17) is 0 Å².